The predicted molar refractivity (Wildman–Crippen MR) is 74.4 cm³/mol. The first kappa shape index (κ1) is 18.2. The molecule has 0 aliphatic heterocycles. The second kappa shape index (κ2) is 11.1. The van der Waals surface area contributed by atoms with Crippen LogP contribution in [0.5, 0.6) is 0 Å². The average Bonchev–Trinajstić information content (AvgIpc) is 2.30. The van der Waals surface area contributed by atoms with Crippen molar-refractivity contribution in [1.29, 1.82) is 0 Å². The van der Waals surface area contributed by atoms with Crippen LogP contribution < -0.4 is 0 Å². The second-order valence-electron chi connectivity index (χ2n) is 3.40. The van der Waals surface area contributed by atoms with Gasteiger partial charge in [-0.2, -0.15) is 0 Å². The average molecular weight is 296 g/mol. The Morgan fingerprint density at radius 3 is 1.33 bits per heavy atom. The van der Waals surface area contributed by atoms with Crippen LogP contribution in [-0.2, 0) is 22.1 Å². The summed E-state index contributed by atoms with van der Waals surface area (Å²) in [6.07, 6.45) is 0. The van der Waals surface area contributed by atoms with Gasteiger partial charge < -0.3 is 22.1 Å². The van der Waals surface area contributed by atoms with Gasteiger partial charge in [-0.25, -0.2) is 0 Å². The lowest BCUT2D eigenvalue weighted by molar-refractivity contribution is 0.0721. The molecule has 0 rings (SSSR count). The van der Waals surface area contributed by atoms with Gasteiger partial charge in [-0.05, 0) is 34.6 Å². The topological polar surface area (TPSA) is 46.2 Å². The molecule has 1 radical (unpaired) electrons. The predicted octanol–water partition coefficient (Wildman–Crippen LogP) is 2.14. The lowest BCUT2D eigenvalue weighted by atomic mass is 10.9. The van der Waals surface area contributed by atoms with Crippen LogP contribution in [0, 0.1) is 0 Å². The number of hydrogen-bond donors (Lipinski definition) is 0. The van der Waals surface area contributed by atoms with Crippen molar-refractivity contribution >= 4 is 18.1 Å². The van der Waals surface area contributed by atoms with Crippen LogP contribution in [0.4, 0.5) is 0 Å². The van der Waals surface area contributed by atoms with E-state index in [0.29, 0.717) is 38.7 Å². The summed E-state index contributed by atoms with van der Waals surface area (Å²) in [6.45, 7) is 12.8. The molecule has 0 saturated heterocycles. The molecule has 0 aromatic rings. The summed E-state index contributed by atoms with van der Waals surface area (Å²) in [5.74, 6) is 0. The van der Waals surface area contributed by atoms with Gasteiger partial charge in [0, 0.05) is 33.0 Å². The minimum Gasteiger partial charge on any atom is -0.394 e. The summed E-state index contributed by atoms with van der Waals surface area (Å²) in [5.41, 5.74) is 0.634. The molecular formula is C11H27O5Si2. The third-order valence-corrected chi connectivity index (χ3v) is 8.36. The summed E-state index contributed by atoms with van der Waals surface area (Å²) in [6, 6.07) is 0. The van der Waals surface area contributed by atoms with E-state index < -0.39 is 18.1 Å². The van der Waals surface area contributed by atoms with E-state index in [9.17, 15) is 0 Å². The van der Waals surface area contributed by atoms with Crippen molar-refractivity contribution in [3.63, 3.8) is 0 Å². The molecule has 0 bridgehead atoms. The monoisotopic (exact) mass is 295 g/mol. The van der Waals surface area contributed by atoms with Gasteiger partial charge >= 0.3 is 18.1 Å². The first-order valence-corrected chi connectivity index (χ1v) is 10.2. The van der Waals surface area contributed by atoms with E-state index in [2.05, 4.69) is 0 Å². The Labute approximate surface area is 114 Å². The number of hydrogen-bond acceptors (Lipinski definition) is 5. The van der Waals surface area contributed by atoms with Crippen molar-refractivity contribution in [3.05, 3.63) is 0 Å². The first-order chi connectivity index (χ1) is 8.67. The molecule has 0 amide bonds. The Bertz CT molecular complexity index is 171. The molecule has 0 aliphatic carbocycles. The molecule has 0 fully saturated rings. The van der Waals surface area contributed by atoms with Crippen LogP contribution in [0.25, 0.3) is 0 Å². The van der Waals surface area contributed by atoms with Crippen molar-refractivity contribution < 1.29 is 22.1 Å². The molecule has 109 valence electrons. The maximum absolute atomic E-state index is 5.79. The molecular weight excluding hydrogens is 268 g/mol. The zero-order valence-corrected chi connectivity index (χ0v) is 14.3. The van der Waals surface area contributed by atoms with E-state index >= 15 is 0 Å². The van der Waals surface area contributed by atoms with Gasteiger partial charge in [0.1, 0.15) is 0 Å². The van der Waals surface area contributed by atoms with Crippen LogP contribution in [0.2, 0.25) is 5.67 Å². The molecule has 0 atom stereocenters. The Balaban J connectivity index is 4.66. The molecule has 18 heavy (non-hydrogen) atoms. The van der Waals surface area contributed by atoms with Crippen molar-refractivity contribution in [1.82, 2.24) is 0 Å². The van der Waals surface area contributed by atoms with Gasteiger partial charge in [0.05, 0.1) is 5.67 Å². The largest absolute Gasteiger partial charge is 0.502 e. The zero-order chi connectivity index (χ0) is 13.9. The summed E-state index contributed by atoms with van der Waals surface area (Å²) in [5, 5.41) is 0. The third kappa shape index (κ3) is 6.98. The first-order valence-electron chi connectivity index (χ1n) is 6.71. The van der Waals surface area contributed by atoms with Crippen LogP contribution in [0.15, 0.2) is 0 Å². The van der Waals surface area contributed by atoms with Crippen molar-refractivity contribution in [2.75, 3.05) is 33.0 Å². The summed E-state index contributed by atoms with van der Waals surface area (Å²) >= 11 is 0. The molecule has 5 nitrogen and oxygen atoms in total. The lowest BCUT2D eigenvalue weighted by Gasteiger charge is -2.30. The standard InChI is InChI=1S/C11H27O5Si2/c1-6-12-17(13-7-2)11-18(14-8-3,15-9-4)16-10-5/h6-11H2,1-5H3. The fourth-order valence-electron chi connectivity index (χ4n) is 1.58. The lowest BCUT2D eigenvalue weighted by Crippen LogP contribution is -2.50. The van der Waals surface area contributed by atoms with Crippen LogP contribution in [0.1, 0.15) is 34.6 Å². The normalized spacial score (nSPS) is 12.3. The molecule has 0 aromatic carbocycles. The number of rotatable bonds is 12. The third-order valence-electron chi connectivity index (χ3n) is 2.06. The van der Waals surface area contributed by atoms with Gasteiger partial charge in [0.15, 0.2) is 0 Å². The Morgan fingerprint density at radius 2 is 1.06 bits per heavy atom. The molecule has 7 heteroatoms. The van der Waals surface area contributed by atoms with E-state index in [1.54, 1.807) is 0 Å². The minimum atomic E-state index is -2.64. The molecule has 0 unspecified atom stereocenters. The summed E-state index contributed by atoms with van der Waals surface area (Å²) in [4.78, 5) is 0. The highest BCUT2D eigenvalue weighted by atomic mass is 28.4. The molecule has 0 aromatic heterocycles. The molecule has 0 N–H and O–H groups in total. The van der Waals surface area contributed by atoms with Gasteiger partial charge in [-0.1, -0.05) is 0 Å². The maximum atomic E-state index is 5.79. The minimum absolute atomic E-state index is 0.583. The van der Waals surface area contributed by atoms with Crippen molar-refractivity contribution in [2.45, 2.75) is 40.3 Å². The SMILES string of the molecule is CCO[Si](C[Si](OCC)(OCC)OCC)OCC. The highest BCUT2D eigenvalue weighted by Gasteiger charge is 2.45. The Kier molecular flexibility index (Phi) is 11.2. The van der Waals surface area contributed by atoms with E-state index in [-0.39, 0.29) is 0 Å². The van der Waals surface area contributed by atoms with Crippen LogP contribution in [-0.4, -0.2) is 51.1 Å². The highest BCUT2D eigenvalue weighted by molar-refractivity contribution is 6.73. The van der Waals surface area contributed by atoms with E-state index in [1.165, 1.54) is 0 Å². The van der Waals surface area contributed by atoms with Crippen molar-refractivity contribution in [2.24, 2.45) is 0 Å². The van der Waals surface area contributed by atoms with Gasteiger partial charge in [0.2, 0.25) is 0 Å². The van der Waals surface area contributed by atoms with Gasteiger partial charge in [-0.15, -0.1) is 0 Å². The van der Waals surface area contributed by atoms with E-state index in [4.69, 9.17) is 22.1 Å². The van der Waals surface area contributed by atoms with Gasteiger partial charge in [-0.3, -0.25) is 0 Å². The second-order valence-corrected chi connectivity index (χ2v) is 8.36. The quantitative estimate of drug-likeness (QED) is 0.516. The van der Waals surface area contributed by atoms with Crippen molar-refractivity contribution in [3.8, 4) is 0 Å². The molecule has 0 saturated carbocycles. The van der Waals surface area contributed by atoms with E-state index in [0.717, 1.165) is 0 Å². The molecule has 0 heterocycles. The smallest absolute Gasteiger partial charge is 0.394 e. The van der Waals surface area contributed by atoms with E-state index in [1.807, 2.05) is 34.6 Å². The fraction of sp³-hybridized carbons (Fsp3) is 1.00. The molecule has 0 aliphatic rings. The maximum Gasteiger partial charge on any atom is 0.502 e. The summed E-state index contributed by atoms with van der Waals surface area (Å²) < 4.78 is 28.7. The van der Waals surface area contributed by atoms with Crippen LogP contribution >= 0.6 is 0 Å². The van der Waals surface area contributed by atoms with Crippen LogP contribution in [0.3, 0.4) is 0 Å². The Morgan fingerprint density at radius 1 is 0.667 bits per heavy atom. The van der Waals surface area contributed by atoms with Gasteiger partial charge in [0.25, 0.3) is 0 Å². The highest BCUT2D eigenvalue weighted by Crippen LogP contribution is 2.18. The molecule has 0 spiro atoms. The summed E-state index contributed by atoms with van der Waals surface area (Å²) in [7, 11) is -4.02. The Hall–Kier alpha value is 0.234. The zero-order valence-electron chi connectivity index (χ0n) is 12.3. The fourth-order valence-corrected chi connectivity index (χ4v) is 7.33.